The summed E-state index contributed by atoms with van der Waals surface area (Å²) >= 11 is 0. The number of nitrogens with one attached hydrogen (secondary N) is 2. The molecule has 2 aromatic rings. The van der Waals surface area contributed by atoms with E-state index in [2.05, 4.69) is 22.4 Å². The summed E-state index contributed by atoms with van der Waals surface area (Å²) in [4.78, 5) is 23.0. The summed E-state index contributed by atoms with van der Waals surface area (Å²) in [5, 5.41) is 16.6. The number of anilines is 1. The topological polar surface area (TPSA) is 90.8 Å². The maximum Gasteiger partial charge on any atom is 0.271 e. The van der Waals surface area contributed by atoms with Gasteiger partial charge in [0.1, 0.15) is 5.75 Å². The van der Waals surface area contributed by atoms with Crippen molar-refractivity contribution >= 4 is 23.7 Å². The number of para-hydroxylation sites is 1. The van der Waals surface area contributed by atoms with Gasteiger partial charge in [0.25, 0.3) is 5.91 Å². The Hall–Kier alpha value is -3.41. The van der Waals surface area contributed by atoms with Crippen LogP contribution in [0, 0.1) is 0 Å². The van der Waals surface area contributed by atoms with Crippen LogP contribution in [0.5, 0.6) is 5.75 Å². The summed E-state index contributed by atoms with van der Waals surface area (Å²) in [5.41, 5.74) is 4.64. The molecule has 0 aliphatic rings. The molecule has 128 valence electrons. The van der Waals surface area contributed by atoms with Gasteiger partial charge in [0.15, 0.2) is 0 Å². The van der Waals surface area contributed by atoms with Crippen LogP contribution in [0.1, 0.15) is 28.4 Å². The van der Waals surface area contributed by atoms with E-state index in [0.717, 1.165) is 5.56 Å². The van der Waals surface area contributed by atoms with Crippen LogP contribution >= 0.6 is 0 Å². The van der Waals surface area contributed by atoms with E-state index in [1.54, 1.807) is 48.5 Å². The molecule has 3 N–H and O–H groups in total. The third kappa shape index (κ3) is 5.04. The maximum absolute atomic E-state index is 12.0. The number of hydrogen-bond acceptors (Lipinski definition) is 4. The second-order valence-electron chi connectivity index (χ2n) is 5.31. The normalized spacial score (nSPS) is 10.4. The van der Waals surface area contributed by atoms with E-state index in [1.165, 1.54) is 13.1 Å². The van der Waals surface area contributed by atoms with E-state index < -0.39 is 5.91 Å². The average molecular weight is 337 g/mol. The van der Waals surface area contributed by atoms with Crippen molar-refractivity contribution in [1.82, 2.24) is 5.43 Å². The van der Waals surface area contributed by atoms with Gasteiger partial charge < -0.3 is 10.4 Å². The van der Waals surface area contributed by atoms with Crippen LogP contribution in [0.25, 0.3) is 0 Å². The molecule has 2 aromatic carbocycles. The molecule has 0 saturated heterocycles. The molecule has 0 aromatic heterocycles. The first-order valence-electron chi connectivity index (χ1n) is 7.64. The van der Waals surface area contributed by atoms with E-state index >= 15 is 0 Å². The first kappa shape index (κ1) is 17.9. The second kappa shape index (κ2) is 8.44. The van der Waals surface area contributed by atoms with Crippen molar-refractivity contribution in [1.29, 1.82) is 0 Å². The van der Waals surface area contributed by atoms with Crippen LogP contribution in [0.2, 0.25) is 0 Å². The first-order valence-corrected chi connectivity index (χ1v) is 7.64. The number of rotatable bonds is 6. The Morgan fingerprint density at radius 2 is 1.92 bits per heavy atom. The number of phenols is 1. The molecule has 2 amide bonds. The lowest BCUT2D eigenvalue weighted by molar-refractivity contribution is -0.114. The lowest BCUT2D eigenvalue weighted by Crippen LogP contribution is -2.17. The van der Waals surface area contributed by atoms with Gasteiger partial charge >= 0.3 is 0 Å². The van der Waals surface area contributed by atoms with Crippen molar-refractivity contribution < 1.29 is 14.7 Å². The van der Waals surface area contributed by atoms with E-state index in [4.69, 9.17) is 0 Å². The molecule has 0 radical (unpaired) electrons. The maximum atomic E-state index is 12.0. The van der Waals surface area contributed by atoms with Crippen molar-refractivity contribution in [2.24, 2.45) is 5.10 Å². The number of hydrazone groups is 1. The number of amides is 2. The molecule has 0 aliphatic heterocycles. The number of hydrogen-bond donors (Lipinski definition) is 3. The zero-order chi connectivity index (χ0) is 18.2. The van der Waals surface area contributed by atoms with Gasteiger partial charge in [-0.05, 0) is 42.3 Å². The monoisotopic (exact) mass is 337 g/mol. The molecule has 0 saturated carbocycles. The molecule has 6 nitrogen and oxygen atoms in total. The van der Waals surface area contributed by atoms with Crippen LogP contribution in [-0.4, -0.2) is 23.1 Å². The number of benzene rings is 2. The summed E-state index contributed by atoms with van der Waals surface area (Å²) in [6.45, 7) is 5.05. The van der Waals surface area contributed by atoms with Gasteiger partial charge in [-0.2, -0.15) is 5.10 Å². The molecule has 2 rings (SSSR count). The highest BCUT2D eigenvalue weighted by atomic mass is 16.3. The van der Waals surface area contributed by atoms with Gasteiger partial charge in [-0.15, -0.1) is 6.58 Å². The fourth-order valence-electron chi connectivity index (χ4n) is 2.17. The molecule has 0 atom stereocenters. The van der Waals surface area contributed by atoms with Crippen LogP contribution in [-0.2, 0) is 11.2 Å². The lowest BCUT2D eigenvalue weighted by atomic mass is 10.1. The number of aromatic hydroxyl groups is 1. The van der Waals surface area contributed by atoms with Crippen molar-refractivity contribution in [3.05, 3.63) is 71.8 Å². The molecule has 0 heterocycles. The summed E-state index contributed by atoms with van der Waals surface area (Å²) in [6.07, 6.45) is 3.62. The number of phenolic OH excluding ortho intramolecular Hbond substituents is 1. The van der Waals surface area contributed by atoms with Gasteiger partial charge in [-0.3, -0.25) is 9.59 Å². The summed E-state index contributed by atoms with van der Waals surface area (Å²) < 4.78 is 0. The predicted molar refractivity (Wildman–Crippen MR) is 97.8 cm³/mol. The molecular formula is C19H19N3O3. The minimum absolute atomic E-state index is 0.111. The van der Waals surface area contributed by atoms with Gasteiger partial charge in [-0.1, -0.05) is 18.2 Å². The van der Waals surface area contributed by atoms with E-state index in [0.29, 0.717) is 23.2 Å². The third-order valence-electron chi connectivity index (χ3n) is 3.35. The molecular weight excluding hydrogens is 318 g/mol. The highest BCUT2D eigenvalue weighted by Crippen LogP contribution is 2.21. The van der Waals surface area contributed by atoms with Crippen molar-refractivity contribution in [2.45, 2.75) is 13.3 Å². The predicted octanol–water partition coefficient (Wildman–Crippen LogP) is 2.84. The number of allylic oxidation sites excluding steroid dienone is 1. The molecule has 25 heavy (non-hydrogen) atoms. The van der Waals surface area contributed by atoms with E-state index in [9.17, 15) is 14.7 Å². The fraction of sp³-hybridized carbons (Fsp3) is 0.105. The lowest BCUT2D eigenvalue weighted by Gasteiger charge is -2.05. The van der Waals surface area contributed by atoms with Crippen LogP contribution in [0.4, 0.5) is 5.69 Å². The average Bonchev–Trinajstić information content (AvgIpc) is 2.58. The Morgan fingerprint density at radius 3 is 2.56 bits per heavy atom. The summed E-state index contributed by atoms with van der Waals surface area (Å²) in [7, 11) is 0. The fourth-order valence-corrected chi connectivity index (χ4v) is 2.17. The van der Waals surface area contributed by atoms with Gasteiger partial charge in [0.05, 0.1) is 6.21 Å². The van der Waals surface area contributed by atoms with Crippen molar-refractivity contribution in [3.8, 4) is 5.75 Å². The van der Waals surface area contributed by atoms with Crippen LogP contribution < -0.4 is 10.7 Å². The van der Waals surface area contributed by atoms with E-state index in [-0.39, 0.29) is 11.7 Å². The molecule has 0 fully saturated rings. The molecule has 0 unspecified atom stereocenters. The van der Waals surface area contributed by atoms with E-state index in [1.807, 2.05) is 0 Å². The SMILES string of the molecule is C=CCc1cccc(C=NNC(=O)c2ccc(NC(C)=O)cc2)c1O. The molecule has 0 spiro atoms. The minimum atomic E-state index is -0.396. The second-order valence-corrected chi connectivity index (χ2v) is 5.31. The smallest absolute Gasteiger partial charge is 0.271 e. The standard InChI is InChI=1S/C19H19N3O3/c1-3-5-14-6-4-7-16(18(14)24)12-20-22-19(25)15-8-10-17(11-9-15)21-13(2)23/h3-4,6-12,24H,1,5H2,2H3,(H,21,23)(H,22,25). The largest absolute Gasteiger partial charge is 0.507 e. The number of nitrogens with zero attached hydrogens (tertiary/aromatic N) is 1. The molecule has 0 bridgehead atoms. The molecule has 6 heteroatoms. The minimum Gasteiger partial charge on any atom is -0.507 e. The highest BCUT2D eigenvalue weighted by molar-refractivity contribution is 5.96. The summed E-state index contributed by atoms with van der Waals surface area (Å²) in [6, 6.07) is 11.7. The number of carbonyl (C=O) groups is 2. The van der Waals surface area contributed by atoms with Gasteiger partial charge in [0, 0.05) is 23.7 Å². The van der Waals surface area contributed by atoms with Crippen molar-refractivity contribution in [3.63, 3.8) is 0 Å². The first-order chi connectivity index (χ1) is 12.0. The Balaban J connectivity index is 2.02. The quantitative estimate of drug-likeness (QED) is 0.430. The Kier molecular flexibility index (Phi) is 6.06. The van der Waals surface area contributed by atoms with Crippen LogP contribution in [0.3, 0.4) is 0 Å². The Morgan fingerprint density at radius 1 is 1.20 bits per heavy atom. The highest BCUT2D eigenvalue weighted by Gasteiger charge is 2.06. The Labute approximate surface area is 145 Å². The third-order valence-corrected chi connectivity index (χ3v) is 3.35. The molecule has 0 aliphatic carbocycles. The zero-order valence-corrected chi connectivity index (χ0v) is 13.8. The van der Waals surface area contributed by atoms with Crippen LogP contribution in [0.15, 0.2) is 60.2 Å². The zero-order valence-electron chi connectivity index (χ0n) is 13.8. The van der Waals surface area contributed by atoms with Gasteiger partial charge in [0.2, 0.25) is 5.91 Å². The van der Waals surface area contributed by atoms with Crippen molar-refractivity contribution in [2.75, 3.05) is 5.32 Å². The van der Waals surface area contributed by atoms with Gasteiger partial charge in [-0.25, -0.2) is 5.43 Å². The summed E-state index contributed by atoms with van der Waals surface area (Å²) in [5.74, 6) is -0.465. The Bertz CT molecular complexity index is 811. The number of carbonyl (C=O) groups excluding carboxylic acids is 2.